The number of benzene rings is 1. The molecule has 0 fully saturated rings. The van der Waals surface area contributed by atoms with E-state index in [9.17, 15) is 0 Å². The number of pyridine rings is 1. The Morgan fingerprint density at radius 2 is 1.89 bits per heavy atom. The van der Waals surface area contributed by atoms with Crippen LogP contribution >= 0.6 is 0 Å². The Morgan fingerprint density at radius 1 is 1.11 bits per heavy atom. The van der Waals surface area contributed by atoms with Crippen molar-refractivity contribution in [1.82, 2.24) is 4.98 Å². The molecule has 0 aliphatic carbocycles. The van der Waals surface area contributed by atoms with E-state index in [0.717, 1.165) is 36.5 Å². The van der Waals surface area contributed by atoms with Crippen molar-refractivity contribution < 1.29 is 5.11 Å². The van der Waals surface area contributed by atoms with Crippen LogP contribution < -0.4 is 4.90 Å². The summed E-state index contributed by atoms with van der Waals surface area (Å²) in [5.74, 6) is 0.928. The van der Waals surface area contributed by atoms with Gasteiger partial charge in [0.25, 0.3) is 0 Å². The second-order valence-corrected chi connectivity index (χ2v) is 4.52. The molecule has 100 valence electrons. The average Bonchev–Trinajstić information content (AvgIpc) is 2.49. The molecule has 0 atom stereocenters. The smallest absolute Gasteiger partial charge is 0.132 e. The Morgan fingerprint density at radius 3 is 2.47 bits per heavy atom. The number of hydrogen-bond acceptors (Lipinski definition) is 3. The predicted octanol–water partition coefficient (Wildman–Crippen LogP) is 3.51. The van der Waals surface area contributed by atoms with Crippen LogP contribution in [0.15, 0.2) is 48.7 Å². The van der Waals surface area contributed by atoms with Crippen molar-refractivity contribution in [1.29, 1.82) is 0 Å². The van der Waals surface area contributed by atoms with Gasteiger partial charge in [-0.2, -0.15) is 0 Å². The lowest BCUT2D eigenvalue weighted by Crippen LogP contribution is -2.19. The minimum absolute atomic E-state index is 0.0353. The lowest BCUT2D eigenvalue weighted by Gasteiger charge is -2.23. The van der Waals surface area contributed by atoms with Gasteiger partial charge in [-0.1, -0.05) is 37.6 Å². The van der Waals surface area contributed by atoms with Gasteiger partial charge in [0.1, 0.15) is 5.82 Å². The summed E-state index contributed by atoms with van der Waals surface area (Å²) in [6, 6.07) is 14.2. The van der Waals surface area contributed by atoms with E-state index in [1.54, 1.807) is 6.20 Å². The number of anilines is 2. The van der Waals surface area contributed by atoms with Crippen LogP contribution in [0, 0.1) is 0 Å². The van der Waals surface area contributed by atoms with Gasteiger partial charge >= 0.3 is 0 Å². The fourth-order valence-corrected chi connectivity index (χ4v) is 1.97. The standard InChI is InChI=1S/C16H20N2O/c1-2-3-11-18(15-7-5-4-6-8-15)16-10-9-14(13-19)12-17-16/h4-10,12,19H,2-3,11,13H2,1H3. The largest absolute Gasteiger partial charge is 0.392 e. The molecular formula is C16H20N2O. The van der Waals surface area contributed by atoms with E-state index in [0.29, 0.717) is 0 Å². The highest BCUT2D eigenvalue weighted by Crippen LogP contribution is 2.23. The minimum atomic E-state index is 0.0353. The first-order chi connectivity index (χ1) is 9.35. The highest BCUT2D eigenvalue weighted by Gasteiger charge is 2.09. The molecule has 0 spiro atoms. The lowest BCUT2D eigenvalue weighted by molar-refractivity contribution is 0.281. The summed E-state index contributed by atoms with van der Waals surface area (Å²) in [6.45, 7) is 3.17. The molecule has 2 rings (SSSR count). The van der Waals surface area contributed by atoms with Crippen molar-refractivity contribution in [3.05, 3.63) is 54.2 Å². The minimum Gasteiger partial charge on any atom is -0.392 e. The topological polar surface area (TPSA) is 36.4 Å². The summed E-state index contributed by atoms with van der Waals surface area (Å²) in [6.07, 6.45) is 4.01. The van der Waals surface area contributed by atoms with Crippen molar-refractivity contribution in [3.8, 4) is 0 Å². The maximum Gasteiger partial charge on any atom is 0.132 e. The Labute approximate surface area is 114 Å². The Balaban J connectivity index is 2.26. The van der Waals surface area contributed by atoms with Crippen LogP contribution in [-0.2, 0) is 6.61 Å². The first-order valence-electron chi connectivity index (χ1n) is 6.73. The zero-order chi connectivity index (χ0) is 13.5. The van der Waals surface area contributed by atoms with E-state index in [1.807, 2.05) is 30.3 Å². The van der Waals surface area contributed by atoms with Gasteiger partial charge < -0.3 is 10.0 Å². The molecule has 0 radical (unpaired) electrons. The molecule has 1 aromatic heterocycles. The fourth-order valence-electron chi connectivity index (χ4n) is 1.97. The molecular weight excluding hydrogens is 236 g/mol. The van der Waals surface area contributed by atoms with E-state index in [-0.39, 0.29) is 6.61 Å². The number of hydrogen-bond donors (Lipinski definition) is 1. The first kappa shape index (κ1) is 13.6. The zero-order valence-corrected chi connectivity index (χ0v) is 11.3. The van der Waals surface area contributed by atoms with Crippen molar-refractivity contribution >= 4 is 11.5 Å². The normalized spacial score (nSPS) is 10.4. The summed E-state index contributed by atoms with van der Waals surface area (Å²) in [5, 5.41) is 9.07. The highest BCUT2D eigenvalue weighted by molar-refractivity contribution is 5.59. The van der Waals surface area contributed by atoms with Gasteiger partial charge in [-0.05, 0) is 30.2 Å². The summed E-state index contributed by atoms with van der Waals surface area (Å²) in [5.41, 5.74) is 1.99. The van der Waals surface area contributed by atoms with Gasteiger partial charge in [0.15, 0.2) is 0 Å². The third kappa shape index (κ3) is 3.55. The molecule has 0 aliphatic heterocycles. The van der Waals surface area contributed by atoms with Gasteiger partial charge in [0.2, 0.25) is 0 Å². The van der Waals surface area contributed by atoms with Crippen molar-refractivity contribution in [2.45, 2.75) is 26.4 Å². The number of aliphatic hydroxyl groups excluding tert-OH is 1. The molecule has 3 heteroatoms. The van der Waals surface area contributed by atoms with Crippen LogP contribution in [0.4, 0.5) is 11.5 Å². The summed E-state index contributed by atoms with van der Waals surface area (Å²) >= 11 is 0. The molecule has 1 aromatic carbocycles. The van der Waals surface area contributed by atoms with E-state index in [4.69, 9.17) is 5.11 Å². The molecule has 2 aromatic rings. The zero-order valence-electron chi connectivity index (χ0n) is 11.3. The van der Waals surface area contributed by atoms with Crippen LogP contribution in [0.5, 0.6) is 0 Å². The molecule has 0 bridgehead atoms. The monoisotopic (exact) mass is 256 g/mol. The van der Waals surface area contributed by atoms with Crippen molar-refractivity contribution in [2.75, 3.05) is 11.4 Å². The van der Waals surface area contributed by atoms with Gasteiger partial charge in [-0.3, -0.25) is 0 Å². The molecule has 0 aliphatic rings. The average molecular weight is 256 g/mol. The molecule has 0 amide bonds. The van der Waals surface area contributed by atoms with Crippen molar-refractivity contribution in [3.63, 3.8) is 0 Å². The number of para-hydroxylation sites is 1. The molecule has 1 N–H and O–H groups in total. The summed E-state index contributed by atoms with van der Waals surface area (Å²) < 4.78 is 0. The van der Waals surface area contributed by atoms with Crippen LogP contribution in [0.2, 0.25) is 0 Å². The van der Waals surface area contributed by atoms with E-state index < -0.39 is 0 Å². The van der Waals surface area contributed by atoms with E-state index in [1.165, 1.54) is 0 Å². The van der Waals surface area contributed by atoms with Gasteiger partial charge in [-0.25, -0.2) is 4.98 Å². The van der Waals surface area contributed by atoms with Crippen molar-refractivity contribution in [2.24, 2.45) is 0 Å². The number of nitrogens with zero attached hydrogens (tertiary/aromatic N) is 2. The number of aliphatic hydroxyl groups is 1. The Kier molecular flexibility index (Phi) is 4.93. The highest BCUT2D eigenvalue weighted by atomic mass is 16.3. The quantitative estimate of drug-likeness (QED) is 0.859. The second-order valence-electron chi connectivity index (χ2n) is 4.52. The van der Waals surface area contributed by atoms with Gasteiger partial charge in [0.05, 0.1) is 6.61 Å². The number of rotatable bonds is 6. The van der Waals surface area contributed by atoms with Gasteiger partial charge in [-0.15, -0.1) is 0 Å². The second kappa shape index (κ2) is 6.90. The van der Waals surface area contributed by atoms with E-state index >= 15 is 0 Å². The van der Waals surface area contributed by atoms with E-state index in [2.05, 4.69) is 28.9 Å². The number of aromatic nitrogens is 1. The fraction of sp³-hybridized carbons (Fsp3) is 0.312. The molecule has 0 saturated heterocycles. The predicted molar refractivity (Wildman–Crippen MR) is 78.5 cm³/mol. The molecule has 19 heavy (non-hydrogen) atoms. The first-order valence-corrected chi connectivity index (χ1v) is 6.73. The molecule has 3 nitrogen and oxygen atoms in total. The van der Waals surface area contributed by atoms with Crippen LogP contribution in [-0.4, -0.2) is 16.6 Å². The Bertz CT molecular complexity index is 482. The molecule has 0 unspecified atom stereocenters. The molecule has 0 saturated carbocycles. The SMILES string of the molecule is CCCCN(c1ccccc1)c1ccc(CO)cn1. The van der Waals surface area contributed by atoms with Gasteiger partial charge in [0, 0.05) is 18.4 Å². The van der Waals surface area contributed by atoms with Crippen LogP contribution in [0.3, 0.4) is 0 Å². The Hall–Kier alpha value is -1.87. The van der Waals surface area contributed by atoms with Crippen LogP contribution in [0.1, 0.15) is 25.3 Å². The maximum atomic E-state index is 9.07. The maximum absolute atomic E-state index is 9.07. The van der Waals surface area contributed by atoms with Crippen LogP contribution in [0.25, 0.3) is 0 Å². The number of unbranched alkanes of at least 4 members (excludes halogenated alkanes) is 1. The summed E-state index contributed by atoms with van der Waals surface area (Å²) in [4.78, 5) is 6.66. The lowest BCUT2D eigenvalue weighted by atomic mass is 10.2. The molecule has 1 heterocycles. The third-order valence-electron chi connectivity index (χ3n) is 3.07. The third-order valence-corrected chi connectivity index (χ3v) is 3.07. The summed E-state index contributed by atoms with van der Waals surface area (Å²) in [7, 11) is 0.